The van der Waals surface area contributed by atoms with Gasteiger partial charge in [-0.3, -0.25) is 4.57 Å². The third-order valence-corrected chi connectivity index (χ3v) is 13.1. The van der Waals surface area contributed by atoms with Crippen molar-refractivity contribution in [3.63, 3.8) is 0 Å². The Bertz CT molecular complexity index is 3860. The van der Waals surface area contributed by atoms with Crippen LogP contribution in [0.25, 0.3) is 61.0 Å². The maximum atomic E-state index is 8.88. The lowest BCUT2D eigenvalue weighted by Gasteiger charge is -2.27. The van der Waals surface area contributed by atoms with E-state index in [-0.39, 0.29) is 33.2 Å². The van der Waals surface area contributed by atoms with Crippen LogP contribution in [0.3, 0.4) is 0 Å². The van der Waals surface area contributed by atoms with Crippen LogP contribution in [-0.2, 0) is 11.8 Å². The van der Waals surface area contributed by atoms with Gasteiger partial charge in [0.15, 0.2) is 0 Å². The maximum absolute atomic E-state index is 8.88. The standard InChI is InChI=1S/C64H58N4O/c1-42(2)35-45-27-31-52(43(3)36-45)53-32-28-47(37-44(53)4)55-23-16-22-54(46-17-9-8-10-18-46)63(55)67-41-66(59-25-13-14-26-60(59)67)49-19-15-20-50(38-49)69-51-30-33-57-56-21-11-12-24-58(56)68(61(57)39-51)62-34-29-48(40-65-62)64(5,6)7/h8-34,36-40,42H,35,41H2,1-7H3/i3D3,4D3,35D2. The Kier molecular flexibility index (Phi) is 9.02. The molecule has 0 fully saturated rings. The molecule has 2 aromatic heterocycles. The van der Waals surface area contributed by atoms with Crippen LogP contribution >= 0.6 is 0 Å². The zero-order valence-electron chi connectivity index (χ0n) is 47.5. The summed E-state index contributed by atoms with van der Waals surface area (Å²) in [6.07, 6.45) is 0.155. The Morgan fingerprint density at radius 1 is 0.580 bits per heavy atom. The van der Waals surface area contributed by atoms with Gasteiger partial charge in [0.1, 0.15) is 24.0 Å². The van der Waals surface area contributed by atoms with E-state index in [2.05, 4.69) is 126 Å². The third kappa shape index (κ3) is 8.22. The Hall–Kier alpha value is -7.89. The molecule has 0 saturated heterocycles. The first-order valence-electron chi connectivity index (χ1n) is 27.6. The Morgan fingerprint density at radius 2 is 1.26 bits per heavy atom. The molecule has 0 N–H and O–H groups in total. The van der Waals surface area contributed by atoms with Gasteiger partial charge in [-0.1, -0.05) is 162 Å². The van der Waals surface area contributed by atoms with Crippen LogP contribution in [0.5, 0.6) is 11.5 Å². The molecule has 8 aromatic carbocycles. The summed E-state index contributed by atoms with van der Waals surface area (Å²) < 4.78 is 78.7. The van der Waals surface area contributed by atoms with Gasteiger partial charge in [0.05, 0.1) is 28.1 Å². The van der Waals surface area contributed by atoms with Gasteiger partial charge in [-0.2, -0.15) is 0 Å². The number of hydrogen-bond acceptors (Lipinski definition) is 4. The zero-order valence-corrected chi connectivity index (χ0v) is 39.5. The molecule has 5 nitrogen and oxygen atoms in total. The highest BCUT2D eigenvalue weighted by Gasteiger charge is 2.31. The molecule has 0 amide bonds. The van der Waals surface area contributed by atoms with E-state index in [0.29, 0.717) is 23.7 Å². The maximum Gasteiger partial charge on any atom is 0.137 e. The smallest absolute Gasteiger partial charge is 0.137 e. The fourth-order valence-corrected chi connectivity index (χ4v) is 9.77. The largest absolute Gasteiger partial charge is 0.457 e. The summed E-state index contributed by atoms with van der Waals surface area (Å²) in [7, 11) is 0. The molecule has 1 aliphatic heterocycles. The van der Waals surface area contributed by atoms with Crippen LogP contribution in [0.2, 0.25) is 0 Å². The lowest BCUT2D eigenvalue weighted by molar-refractivity contribution is 0.483. The Labute approximate surface area is 418 Å². The minimum atomic E-state index is -2.66. The number of nitrogens with zero attached hydrogens (tertiary/aromatic N) is 4. The summed E-state index contributed by atoms with van der Waals surface area (Å²) in [5, 5.41) is 2.22. The van der Waals surface area contributed by atoms with Crippen molar-refractivity contribution in [1.29, 1.82) is 0 Å². The van der Waals surface area contributed by atoms with Gasteiger partial charge in [0.25, 0.3) is 0 Å². The second-order valence-electron chi connectivity index (χ2n) is 19.2. The molecular weight excluding hydrogens is 841 g/mol. The summed E-state index contributed by atoms with van der Waals surface area (Å²) in [4.78, 5) is 9.48. The van der Waals surface area contributed by atoms with Crippen molar-refractivity contribution in [2.75, 3.05) is 16.5 Å². The number of fused-ring (bicyclic) bond motifs is 4. The summed E-state index contributed by atoms with van der Waals surface area (Å²) in [5.74, 6) is 1.73. The van der Waals surface area contributed by atoms with E-state index in [1.807, 2.05) is 72.9 Å². The topological polar surface area (TPSA) is 33.5 Å². The van der Waals surface area contributed by atoms with Crippen LogP contribution in [0.4, 0.5) is 22.7 Å². The van der Waals surface area contributed by atoms with Gasteiger partial charge in [-0.15, -0.1) is 0 Å². The summed E-state index contributed by atoms with van der Waals surface area (Å²) in [6, 6.07) is 61.1. The van der Waals surface area contributed by atoms with Crippen molar-refractivity contribution in [3.8, 4) is 50.7 Å². The number of aryl methyl sites for hydroxylation is 2. The van der Waals surface area contributed by atoms with Crippen molar-refractivity contribution < 1.29 is 15.7 Å². The van der Waals surface area contributed by atoms with Crippen LogP contribution < -0.4 is 14.5 Å². The first kappa shape index (κ1) is 35.3. The number of rotatable bonds is 10. The van der Waals surface area contributed by atoms with Crippen LogP contribution in [0.1, 0.15) is 67.8 Å². The molecule has 0 radical (unpaired) electrons. The normalized spacial score (nSPS) is 14.9. The fraction of sp³-hybridized carbons (Fsp3) is 0.172. The predicted octanol–water partition coefficient (Wildman–Crippen LogP) is 17.3. The van der Waals surface area contributed by atoms with Gasteiger partial charge in [-0.05, 0) is 124 Å². The second-order valence-corrected chi connectivity index (χ2v) is 19.2. The third-order valence-electron chi connectivity index (χ3n) is 13.1. The van der Waals surface area contributed by atoms with Crippen molar-refractivity contribution in [3.05, 3.63) is 217 Å². The van der Waals surface area contributed by atoms with E-state index in [1.54, 1.807) is 38.1 Å². The molecule has 0 saturated carbocycles. The molecule has 5 heteroatoms. The van der Waals surface area contributed by atoms with Crippen LogP contribution in [-0.4, -0.2) is 16.2 Å². The lowest BCUT2D eigenvalue weighted by Crippen LogP contribution is -2.25. The SMILES string of the molecule is [2H]C([2H])([2H])c1cc(-c2cccc(-c3ccccc3)c2N2CN(c3cccc(Oc4ccc5c6ccccc6n(-c6ccc(C(C)(C)C)cn6)c5c4)c3)c3ccccc32)ccc1-c1ccc(C([2H])([2H])C(C)C)cc1C([2H])([2H])[2H]. The van der Waals surface area contributed by atoms with E-state index in [0.717, 1.165) is 72.6 Å². The molecule has 1 aliphatic rings. The van der Waals surface area contributed by atoms with Crippen molar-refractivity contribution in [2.45, 2.75) is 60.1 Å². The van der Waals surface area contributed by atoms with Gasteiger partial charge in [-0.25, -0.2) is 4.98 Å². The molecule has 3 heterocycles. The first-order valence-corrected chi connectivity index (χ1v) is 23.6. The predicted molar refractivity (Wildman–Crippen MR) is 290 cm³/mol. The highest BCUT2D eigenvalue weighted by molar-refractivity contribution is 6.09. The highest BCUT2D eigenvalue weighted by Crippen LogP contribution is 2.51. The van der Waals surface area contributed by atoms with Crippen molar-refractivity contribution in [1.82, 2.24) is 9.55 Å². The second kappa shape index (κ2) is 17.6. The molecule has 11 rings (SSSR count). The Balaban J connectivity index is 0.987. The van der Waals surface area contributed by atoms with E-state index in [1.165, 1.54) is 6.07 Å². The lowest BCUT2D eigenvalue weighted by atomic mass is 9.88. The number of anilines is 4. The minimum Gasteiger partial charge on any atom is -0.457 e. The van der Waals surface area contributed by atoms with Gasteiger partial charge < -0.3 is 14.5 Å². The number of hydrogen-bond donors (Lipinski definition) is 0. The van der Waals surface area contributed by atoms with Crippen LogP contribution in [0.15, 0.2) is 194 Å². The van der Waals surface area contributed by atoms with E-state index in [4.69, 9.17) is 20.7 Å². The molecular formula is C64H58N4O. The monoisotopic (exact) mass is 907 g/mol. The van der Waals surface area contributed by atoms with Crippen LogP contribution in [0, 0.1) is 19.6 Å². The molecule has 0 atom stereocenters. The van der Waals surface area contributed by atoms with Gasteiger partial charge in [0.2, 0.25) is 0 Å². The number of para-hydroxylation sites is 4. The molecule has 0 bridgehead atoms. The number of ether oxygens (including phenoxy) is 1. The average molecular weight is 907 g/mol. The van der Waals surface area contributed by atoms with E-state index in [9.17, 15) is 0 Å². The molecule has 0 aliphatic carbocycles. The summed E-state index contributed by atoms with van der Waals surface area (Å²) >= 11 is 0. The number of pyridine rings is 1. The number of benzene rings is 8. The fourth-order valence-electron chi connectivity index (χ4n) is 9.77. The van der Waals surface area contributed by atoms with E-state index < -0.39 is 26.0 Å². The minimum absolute atomic E-state index is 0.0107. The summed E-state index contributed by atoms with van der Waals surface area (Å²) in [5.41, 5.74) is 10.8. The molecule has 0 spiro atoms. The molecule has 69 heavy (non-hydrogen) atoms. The van der Waals surface area contributed by atoms with Gasteiger partial charge >= 0.3 is 0 Å². The average Bonchev–Trinajstić information content (AvgIpc) is 4.10. The van der Waals surface area contributed by atoms with Crippen molar-refractivity contribution >= 4 is 44.6 Å². The molecule has 10 aromatic rings. The summed E-state index contributed by atoms with van der Waals surface area (Å²) in [6.45, 7) is 5.15. The molecule has 0 unspecified atom stereocenters. The van der Waals surface area contributed by atoms with E-state index >= 15 is 0 Å². The highest BCUT2D eigenvalue weighted by atomic mass is 16.5. The molecule has 340 valence electrons. The number of aromatic nitrogens is 2. The van der Waals surface area contributed by atoms with Crippen molar-refractivity contribution in [2.24, 2.45) is 5.92 Å². The Morgan fingerprint density at radius 3 is 2.01 bits per heavy atom. The first-order chi connectivity index (χ1) is 36.7. The van der Waals surface area contributed by atoms with Gasteiger partial charge in [0, 0.05) is 56.9 Å². The quantitative estimate of drug-likeness (QED) is 0.137. The zero-order chi connectivity index (χ0) is 54.2.